The van der Waals surface area contributed by atoms with Gasteiger partial charge in [-0.1, -0.05) is 30.3 Å². The van der Waals surface area contributed by atoms with Crippen molar-refractivity contribution in [3.05, 3.63) is 58.9 Å². The average Bonchev–Trinajstić information content (AvgIpc) is 2.77. The highest BCUT2D eigenvalue weighted by Crippen LogP contribution is 2.14. The SMILES string of the molecule is Cc1[nH]cc(CCOCc2ccccc2)c1C(=O)O. The standard InChI is InChI=1S/C15H17NO3/c1-11-14(15(17)18)13(9-16-11)7-8-19-10-12-5-3-2-4-6-12/h2-6,9,16H,7-8,10H2,1H3,(H,17,18). The van der Waals surface area contributed by atoms with Crippen molar-refractivity contribution in [2.24, 2.45) is 0 Å². The predicted molar refractivity (Wildman–Crippen MR) is 72.3 cm³/mol. The maximum absolute atomic E-state index is 11.1. The third kappa shape index (κ3) is 3.45. The van der Waals surface area contributed by atoms with Crippen molar-refractivity contribution in [3.63, 3.8) is 0 Å². The highest BCUT2D eigenvalue weighted by Gasteiger charge is 2.14. The second kappa shape index (κ2) is 6.20. The second-order valence-electron chi connectivity index (χ2n) is 4.41. The zero-order valence-electron chi connectivity index (χ0n) is 10.8. The van der Waals surface area contributed by atoms with Crippen LogP contribution >= 0.6 is 0 Å². The number of aromatic carboxylic acids is 1. The largest absolute Gasteiger partial charge is 0.478 e. The van der Waals surface area contributed by atoms with Crippen LogP contribution in [0.3, 0.4) is 0 Å². The Hall–Kier alpha value is -2.07. The van der Waals surface area contributed by atoms with Gasteiger partial charge >= 0.3 is 5.97 Å². The van der Waals surface area contributed by atoms with E-state index in [9.17, 15) is 4.79 Å². The van der Waals surface area contributed by atoms with Crippen LogP contribution in [0.5, 0.6) is 0 Å². The van der Waals surface area contributed by atoms with Gasteiger partial charge in [0.25, 0.3) is 0 Å². The average molecular weight is 259 g/mol. The first-order chi connectivity index (χ1) is 9.18. The molecule has 0 aliphatic carbocycles. The minimum atomic E-state index is -0.892. The first kappa shape index (κ1) is 13.4. The number of rotatable bonds is 6. The highest BCUT2D eigenvalue weighted by atomic mass is 16.5. The molecule has 0 aliphatic heterocycles. The third-order valence-corrected chi connectivity index (χ3v) is 3.00. The number of hydrogen-bond acceptors (Lipinski definition) is 2. The third-order valence-electron chi connectivity index (χ3n) is 3.00. The van der Waals surface area contributed by atoms with E-state index in [4.69, 9.17) is 9.84 Å². The summed E-state index contributed by atoms with van der Waals surface area (Å²) in [5, 5.41) is 9.11. The number of carboxylic acid groups (broad SMARTS) is 1. The summed E-state index contributed by atoms with van der Waals surface area (Å²) in [4.78, 5) is 14.0. The van der Waals surface area contributed by atoms with Gasteiger partial charge in [0.15, 0.2) is 0 Å². The van der Waals surface area contributed by atoms with E-state index in [1.165, 1.54) is 0 Å². The van der Waals surface area contributed by atoms with Gasteiger partial charge in [0, 0.05) is 11.9 Å². The molecule has 2 aromatic rings. The number of H-pyrrole nitrogens is 1. The molecule has 0 aliphatic rings. The molecule has 0 unspecified atom stereocenters. The quantitative estimate of drug-likeness (QED) is 0.784. The minimum absolute atomic E-state index is 0.364. The van der Waals surface area contributed by atoms with Gasteiger partial charge in [-0.15, -0.1) is 0 Å². The topological polar surface area (TPSA) is 62.3 Å². The molecule has 0 bridgehead atoms. The van der Waals surface area contributed by atoms with Crippen LogP contribution in [-0.2, 0) is 17.8 Å². The van der Waals surface area contributed by atoms with Gasteiger partial charge < -0.3 is 14.8 Å². The van der Waals surface area contributed by atoms with Crippen molar-refractivity contribution < 1.29 is 14.6 Å². The Morgan fingerprint density at radius 2 is 2.05 bits per heavy atom. The number of hydrogen-bond donors (Lipinski definition) is 2. The van der Waals surface area contributed by atoms with Gasteiger partial charge in [0.2, 0.25) is 0 Å². The van der Waals surface area contributed by atoms with Gasteiger partial charge in [0.05, 0.1) is 18.8 Å². The van der Waals surface area contributed by atoms with E-state index < -0.39 is 5.97 Å². The molecule has 4 nitrogen and oxygen atoms in total. The zero-order valence-corrected chi connectivity index (χ0v) is 10.8. The van der Waals surface area contributed by atoms with E-state index in [1.807, 2.05) is 30.3 Å². The monoisotopic (exact) mass is 259 g/mol. The lowest BCUT2D eigenvalue weighted by atomic mass is 10.1. The summed E-state index contributed by atoms with van der Waals surface area (Å²) in [5.74, 6) is -0.892. The van der Waals surface area contributed by atoms with E-state index in [-0.39, 0.29) is 0 Å². The summed E-state index contributed by atoms with van der Waals surface area (Å²) >= 11 is 0. The molecule has 2 N–H and O–H groups in total. The summed E-state index contributed by atoms with van der Waals surface area (Å²) in [6.07, 6.45) is 2.34. The molecule has 4 heteroatoms. The highest BCUT2D eigenvalue weighted by molar-refractivity contribution is 5.90. The number of benzene rings is 1. The van der Waals surface area contributed by atoms with E-state index in [2.05, 4.69) is 4.98 Å². The minimum Gasteiger partial charge on any atom is -0.478 e. The Balaban J connectivity index is 1.85. The van der Waals surface area contributed by atoms with Gasteiger partial charge in [-0.3, -0.25) is 0 Å². The number of carbonyl (C=O) groups is 1. The Labute approximate surface area is 112 Å². The van der Waals surface area contributed by atoms with Crippen LogP contribution in [0.15, 0.2) is 36.5 Å². The second-order valence-corrected chi connectivity index (χ2v) is 4.41. The van der Waals surface area contributed by atoms with E-state index in [0.717, 1.165) is 11.1 Å². The molecule has 100 valence electrons. The molecule has 1 heterocycles. The van der Waals surface area contributed by atoms with Crippen molar-refractivity contribution in [1.29, 1.82) is 0 Å². The summed E-state index contributed by atoms with van der Waals surface area (Å²) in [6.45, 7) is 2.82. The Morgan fingerprint density at radius 1 is 1.32 bits per heavy atom. The molecule has 0 saturated carbocycles. The normalized spacial score (nSPS) is 10.6. The van der Waals surface area contributed by atoms with Crippen LogP contribution < -0.4 is 0 Å². The molecule has 0 amide bonds. The molecule has 0 atom stereocenters. The fourth-order valence-corrected chi connectivity index (χ4v) is 2.02. The predicted octanol–water partition coefficient (Wildman–Crippen LogP) is 2.78. The maximum Gasteiger partial charge on any atom is 0.337 e. The molecule has 0 radical (unpaired) electrons. The fourth-order valence-electron chi connectivity index (χ4n) is 2.02. The zero-order chi connectivity index (χ0) is 13.7. The summed E-state index contributed by atoms with van der Waals surface area (Å²) in [7, 11) is 0. The number of ether oxygens (including phenoxy) is 1. The van der Waals surface area contributed by atoms with Crippen molar-refractivity contribution in [2.75, 3.05) is 6.61 Å². The van der Waals surface area contributed by atoms with E-state index >= 15 is 0 Å². The van der Waals surface area contributed by atoms with E-state index in [0.29, 0.717) is 30.9 Å². The molecule has 0 saturated heterocycles. The molecule has 1 aromatic heterocycles. The van der Waals surface area contributed by atoms with Crippen molar-refractivity contribution >= 4 is 5.97 Å². The number of nitrogens with one attached hydrogen (secondary N) is 1. The summed E-state index contributed by atoms with van der Waals surface area (Å²) < 4.78 is 5.56. The lowest BCUT2D eigenvalue weighted by molar-refractivity contribution is 0.0694. The molecule has 0 fully saturated rings. The van der Waals surface area contributed by atoms with Crippen LogP contribution in [0.1, 0.15) is 27.2 Å². The molecule has 1 aromatic carbocycles. The molecule has 2 rings (SSSR count). The van der Waals surface area contributed by atoms with Crippen molar-refractivity contribution in [3.8, 4) is 0 Å². The number of aryl methyl sites for hydroxylation is 1. The summed E-state index contributed by atoms with van der Waals surface area (Å²) in [5.41, 5.74) is 2.96. The molecular formula is C15H17NO3. The van der Waals surface area contributed by atoms with E-state index in [1.54, 1.807) is 13.1 Å². The van der Waals surface area contributed by atoms with Gasteiger partial charge in [-0.25, -0.2) is 4.79 Å². The molecule has 19 heavy (non-hydrogen) atoms. The van der Waals surface area contributed by atoms with Crippen LogP contribution in [0, 0.1) is 6.92 Å². The van der Waals surface area contributed by atoms with Crippen molar-refractivity contribution in [1.82, 2.24) is 4.98 Å². The lowest BCUT2D eigenvalue weighted by Crippen LogP contribution is -2.05. The van der Waals surface area contributed by atoms with Crippen molar-refractivity contribution in [2.45, 2.75) is 20.0 Å². The van der Waals surface area contributed by atoms with Crippen LogP contribution in [0.25, 0.3) is 0 Å². The van der Waals surface area contributed by atoms with Gasteiger partial charge in [-0.05, 0) is 24.5 Å². The fraction of sp³-hybridized carbons (Fsp3) is 0.267. The van der Waals surface area contributed by atoms with Gasteiger partial charge in [0.1, 0.15) is 0 Å². The molecular weight excluding hydrogens is 242 g/mol. The first-order valence-corrected chi connectivity index (χ1v) is 6.20. The maximum atomic E-state index is 11.1. The van der Waals surface area contributed by atoms with Crippen LogP contribution in [-0.4, -0.2) is 22.7 Å². The first-order valence-electron chi connectivity index (χ1n) is 6.20. The Bertz CT molecular complexity index is 546. The van der Waals surface area contributed by atoms with Crippen LogP contribution in [0.4, 0.5) is 0 Å². The Morgan fingerprint density at radius 3 is 2.74 bits per heavy atom. The smallest absolute Gasteiger partial charge is 0.337 e. The molecule has 0 spiro atoms. The summed E-state index contributed by atoms with van der Waals surface area (Å²) in [6, 6.07) is 9.91. The lowest BCUT2D eigenvalue weighted by Gasteiger charge is -2.04. The number of aromatic nitrogens is 1. The Kier molecular flexibility index (Phi) is 4.36. The van der Waals surface area contributed by atoms with Crippen LogP contribution in [0.2, 0.25) is 0 Å². The van der Waals surface area contributed by atoms with Gasteiger partial charge in [-0.2, -0.15) is 0 Å². The number of carboxylic acids is 1. The number of aromatic amines is 1.